The zero-order valence-electron chi connectivity index (χ0n) is 12.1. The normalized spacial score (nSPS) is 13.9. The summed E-state index contributed by atoms with van der Waals surface area (Å²) in [5, 5.41) is 21.1. The van der Waals surface area contributed by atoms with Crippen molar-refractivity contribution in [2.75, 3.05) is 0 Å². The molecule has 1 aromatic carbocycles. The van der Waals surface area contributed by atoms with Crippen LogP contribution in [0.15, 0.2) is 40.1 Å². The predicted octanol–water partition coefficient (Wildman–Crippen LogP) is 2.27. The summed E-state index contributed by atoms with van der Waals surface area (Å²) < 4.78 is 1.57. The highest BCUT2D eigenvalue weighted by molar-refractivity contribution is 7.73. The van der Waals surface area contributed by atoms with Crippen molar-refractivity contribution >= 4 is 35.6 Å². The molecule has 2 heterocycles. The van der Waals surface area contributed by atoms with Gasteiger partial charge in [0.15, 0.2) is 9.78 Å². The third-order valence-electron chi connectivity index (χ3n) is 3.44. The van der Waals surface area contributed by atoms with Crippen LogP contribution < -0.4 is 10.7 Å². The highest BCUT2D eigenvalue weighted by Gasteiger charge is 2.23. The summed E-state index contributed by atoms with van der Waals surface area (Å²) in [6, 6.07) is 6.56. The number of benzene rings is 1. The molecule has 0 unspecified atom stereocenters. The number of rotatable bonds is 4. The van der Waals surface area contributed by atoms with E-state index in [0.717, 1.165) is 22.1 Å². The summed E-state index contributed by atoms with van der Waals surface area (Å²) >= 11 is 6.34. The first-order chi connectivity index (χ1) is 11.0. The van der Waals surface area contributed by atoms with Crippen LogP contribution in [-0.2, 0) is 4.79 Å². The number of para-hydroxylation sites is 2. The zero-order chi connectivity index (χ0) is 16.6. The number of carbonyl (C=O) groups is 1. The zero-order valence-corrected chi connectivity index (χ0v) is 13.8. The van der Waals surface area contributed by atoms with E-state index in [9.17, 15) is 15.0 Å². The molecular weight excluding hydrogens is 334 g/mol. The smallest absolute Gasteiger partial charge is 0.326 e. The average molecular weight is 347 g/mol. The highest BCUT2D eigenvalue weighted by atomic mass is 32.1. The number of hydrogen-bond acceptors (Lipinski definition) is 6. The number of aliphatic carboxylic acids is 1. The Labute approximate surface area is 140 Å². The minimum atomic E-state index is -1.03. The second kappa shape index (κ2) is 6.05. The first-order valence-electron chi connectivity index (χ1n) is 6.92. The molecule has 0 fully saturated rings. The molecule has 2 N–H and O–H groups in total. The summed E-state index contributed by atoms with van der Waals surface area (Å²) in [6.07, 6.45) is 1.94. The number of hydrogen-bond donors (Lipinski definition) is 2. The first-order valence-corrected chi connectivity index (χ1v) is 8.15. The van der Waals surface area contributed by atoms with Gasteiger partial charge in [-0.15, -0.1) is 11.3 Å². The second-order valence-corrected chi connectivity index (χ2v) is 6.58. The molecule has 1 aliphatic rings. The third-order valence-corrected chi connectivity index (χ3v) is 4.78. The van der Waals surface area contributed by atoms with Gasteiger partial charge in [0.25, 0.3) is 0 Å². The molecule has 0 spiro atoms. The lowest BCUT2D eigenvalue weighted by Gasteiger charge is -2.12. The summed E-state index contributed by atoms with van der Waals surface area (Å²) in [4.78, 5) is 20.5. The van der Waals surface area contributed by atoms with Crippen LogP contribution in [0, 0.1) is 3.95 Å². The first kappa shape index (κ1) is 15.6. The van der Waals surface area contributed by atoms with E-state index < -0.39 is 12.0 Å². The molecule has 3 rings (SSSR count). The van der Waals surface area contributed by atoms with Crippen LogP contribution in [0.3, 0.4) is 0 Å². The van der Waals surface area contributed by atoms with Crippen LogP contribution in [0.5, 0.6) is 5.88 Å². The van der Waals surface area contributed by atoms with Crippen molar-refractivity contribution in [3.8, 4) is 5.88 Å². The molecule has 0 radical (unpaired) electrons. The fraction of sp³-hybridized carbons (Fsp3) is 0.200. The third kappa shape index (κ3) is 2.82. The summed E-state index contributed by atoms with van der Waals surface area (Å²) in [5.74, 6) is -0.741. The van der Waals surface area contributed by atoms with Crippen LogP contribution in [-0.4, -0.2) is 20.7 Å². The molecule has 118 valence electrons. The maximum atomic E-state index is 11.3. The van der Waals surface area contributed by atoms with Crippen LogP contribution >= 0.6 is 23.6 Å². The van der Waals surface area contributed by atoms with Crippen molar-refractivity contribution in [1.29, 1.82) is 0 Å². The van der Waals surface area contributed by atoms with E-state index in [1.807, 2.05) is 24.3 Å². The van der Waals surface area contributed by atoms with E-state index in [0.29, 0.717) is 21.1 Å². The van der Waals surface area contributed by atoms with Gasteiger partial charge in [-0.3, -0.25) is 4.57 Å². The van der Waals surface area contributed by atoms with E-state index in [1.165, 1.54) is 4.57 Å². The number of nitrogens with zero attached hydrogens (tertiary/aromatic N) is 3. The van der Waals surface area contributed by atoms with Crippen LogP contribution in [0.1, 0.15) is 24.3 Å². The molecule has 1 atom stereocenters. The summed E-state index contributed by atoms with van der Waals surface area (Å²) in [7, 11) is 0. The Morgan fingerprint density at radius 3 is 2.52 bits per heavy atom. The topological polar surface area (TPSA) is 87.2 Å². The molecule has 8 heteroatoms. The van der Waals surface area contributed by atoms with Gasteiger partial charge < -0.3 is 10.2 Å². The van der Waals surface area contributed by atoms with Gasteiger partial charge in [0, 0.05) is 6.08 Å². The van der Waals surface area contributed by atoms with Crippen LogP contribution in [0.4, 0.5) is 0 Å². The van der Waals surface area contributed by atoms with Gasteiger partial charge in [0.1, 0.15) is 6.04 Å². The largest absolute Gasteiger partial charge is 0.493 e. The molecule has 0 saturated carbocycles. The molecule has 0 bridgehead atoms. The van der Waals surface area contributed by atoms with Crippen molar-refractivity contribution in [2.45, 2.75) is 19.4 Å². The van der Waals surface area contributed by atoms with Crippen molar-refractivity contribution < 1.29 is 15.0 Å². The van der Waals surface area contributed by atoms with Gasteiger partial charge >= 0.3 is 5.97 Å². The lowest BCUT2D eigenvalue weighted by Crippen LogP contribution is -2.19. The van der Waals surface area contributed by atoms with Gasteiger partial charge in [0.05, 0.1) is 15.6 Å². The molecule has 0 aliphatic carbocycles. The summed E-state index contributed by atoms with van der Waals surface area (Å²) in [6.45, 7) is 1.73. The predicted molar refractivity (Wildman–Crippen MR) is 88.5 cm³/mol. The summed E-state index contributed by atoms with van der Waals surface area (Å²) in [5.41, 5.74) is 0. The Bertz CT molecular complexity index is 951. The Morgan fingerprint density at radius 1 is 1.39 bits per heavy atom. The van der Waals surface area contributed by atoms with Gasteiger partial charge in [-0.2, -0.15) is 0 Å². The second-order valence-electron chi connectivity index (χ2n) is 4.90. The maximum Gasteiger partial charge on any atom is 0.326 e. The van der Waals surface area contributed by atoms with Crippen molar-refractivity contribution in [2.24, 2.45) is 9.98 Å². The highest BCUT2D eigenvalue weighted by Crippen LogP contribution is 2.33. The molecule has 23 heavy (non-hydrogen) atoms. The fourth-order valence-corrected chi connectivity index (χ4v) is 3.67. The Kier molecular flexibility index (Phi) is 4.10. The number of aromatic hydroxyl groups is 1. The standard InChI is InChI=1S/C15H13N3O3S2/c1-2-10(14(20)21)18-13(19)11(23-15(18)22)7-12-16-8-5-3-4-6-9(8)17-12/h3-7,10,19H,2H2,1H3,(H,20,21)/t10-/m0/s1. The van der Waals surface area contributed by atoms with E-state index in [1.54, 1.807) is 13.0 Å². The number of fused-ring (bicyclic) bond motifs is 1. The SMILES string of the molecule is CC[C@@H](C(=O)O)n1c(O)c(C=C2N=c3ccccc3=N2)sc1=S. The molecule has 2 aromatic rings. The van der Waals surface area contributed by atoms with Crippen molar-refractivity contribution in [1.82, 2.24) is 4.57 Å². The van der Waals surface area contributed by atoms with E-state index >= 15 is 0 Å². The monoisotopic (exact) mass is 347 g/mol. The van der Waals surface area contributed by atoms with Crippen LogP contribution in [0.2, 0.25) is 0 Å². The van der Waals surface area contributed by atoms with Crippen molar-refractivity contribution in [3.05, 3.63) is 49.6 Å². The van der Waals surface area contributed by atoms with Gasteiger partial charge in [-0.05, 0) is 30.8 Å². The molecule has 0 saturated heterocycles. The number of thiazole rings is 1. The van der Waals surface area contributed by atoms with E-state index in [-0.39, 0.29) is 5.88 Å². The lowest BCUT2D eigenvalue weighted by molar-refractivity contribution is -0.141. The Balaban J connectivity index is 2.07. The van der Waals surface area contributed by atoms with Crippen molar-refractivity contribution in [3.63, 3.8) is 0 Å². The number of aromatic nitrogens is 1. The maximum absolute atomic E-state index is 11.3. The number of carboxylic acid groups (broad SMARTS) is 1. The Hall–Kier alpha value is -2.32. The molecule has 1 aliphatic heterocycles. The minimum Gasteiger partial charge on any atom is -0.493 e. The molecule has 0 amide bonds. The quantitative estimate of drug-likeness (QED) is 0.831. The average Bonchev–Trinajstić information content (AvgIpc) is 3.03. The lowest BCUT2D eigenvalue weighted by atomic mass is 10.2. The molecular formula is C15H13N3O3S2. The van der Waals surface area contributed by atoms with E-state index in [2.05, 4.69) is 9.98 Å². The van der Waals surface area contributed by atoms with Gasteiger partial charge in [-0.1, -0.05) is 19.1 Å². The van der Waals surface area contributed by atoms with Gasteiger partial charge in [-0.25, -0.2) is 14.8 Å². The fourth-order valence-electron chi connectivity index (χ4n) is 2.34. The minimum absolute atomic E-state index is 0.164. The van der Waals surface area contributed by atoms with E-state index in [4.69, 9.17) is 12.2 Å². The van der Waals surface area contributed by atoms with Crippen LogP contribution in [0.25, 0.3) is 6.08 Å². The Morgan fingerprint density at radius 2 is 2.00 bits per heavy atom. The number of carboxylic acids is 1. The van der Waals surface area contributed by atoms with Gasteiger partial charge in [0.2, 0.25) is 5.88 Å². The molecule has 1 aromatic heterocycles. The molecule has 6 nitrogen and oxygen atoms in total.